The summed E-state index contributed by atoms with van der Waals surface area (Å²) >= 11 is 0. The van der Waals surface area contributed by atoms with Crippen molar-refractivity contribution in [3.63, 3.8) is 0 Å². The second kappa shape index (κ2) is 22.3. The molecule has 2 N–H and O–H groups in total. The van der Waals surface area contributed by atoms with Gasteiger partial charge in [0.15, 0.2) is 11.5 Å². The molecule has 3 aromatic rings. The van der Waals surface area contributed by atoms with Gasteiger partial charge in [0.05, 0.1) is 31.5 Å². The van der Waals surface area contributed by atoms with Crippen LogP contribution in [0.4, 0.5) is 4.79 Å². The lowest BCUT2D eigenvalue weighted by Gasteiger charge is -2.60. The molecule has 0 bridgehead atoms. The lowest BCUT2D eigenvalue weighted by Crippen LogP contribution is -2.70. The number of allylic oxidation sites excluding steroid dienone is 1. The number of amides is 1. The summed E-state index contributed by atoms with van der Waals surface area (Å²) in [5.74, 6) is 0.575. The Labute approximate surface area is 395 Å². The molecule has 8 rings (SSSR count). The quantitative estimate of drug-likeness (QED) is 0.0385. The summed E-state index contributed by atoms with van der Waals surface area (Å²) in [6.45, 7) is 14.7. The lowest BCUT2D eigenvalue weighted by atomic mass is 9.55. The highest BCUT2D eigenvalue weighted by Gasteiger charge is 2.66. The summed E-state index contributed by atoms with van der Waals surface area (Å²) in [6, 6.07) is 20.8. The van der Waals surface area contributed by atoms with Crippen LogP contribution in [0.1, 0.15) is 88.3 Å². The molecule has 1 saturated carbocycles. The minimum Gasteiger partial charge on any atom is -0.492 e. The Balaban J connectivity index is 1.26. The number of ether oxygens (including phenoxy) is 7. The number of rotatable bonds is 24. The van der Waals surface area contributed by atoms with Crippen LogP contribution in [0.25, 0.3) is 0 Å². The van der Waals surface area contributed by atoms with Gasteiger partial charge in [-0.3, -0.25) is 9.80 Å². The zero-order valence-electron chi connectivity index (χ0n) is 39.4. The fraction of sp³-hybridized carbons (Fsp3) is 0.547. The summed E-state index contributed by atoms with van der Waals surface area (Å²) in [4.78, 5) is 25.4. The zero-order chi connectivity index (χ0) is 46.8. The molecule has 3 aliphatic heterocycles. The maximum Gasteiger partial charge on any atom is 0.410 e. The number of nitrogens with zero attached hydrogens (tertiary/aromatic N) is 3. The molecule has 0 spiro atoms. The number of hydrogen-bond donors (Lipinski definition) is 2. The van der Waals surface area contributed by atoms with Crippen molar-refractivity contribution in [1.29, 1.82) is 0 Å². The van der Waals surface area contributed by atoms with Crippen LogP contribution in [0.15, 0.2) is 96.2 Å². The monoisotopic (exact) mass is 923 g/mol. The van der Waals surface area contributed by atoms with Gasteiger partial charge in [-0.05, 0) is 105 Å². The number of hydrogen-bond acceptors (Lipinski definition) is 13. The van der Waals surface area contributed by atoms with Gasteiger partial charge in [0.1, 0.15) is 36.4 Å². The van der Waals surface area contributed by atoms with Gasteiger partial charge in [-0.2, -0.15) is 0 Å². The van der Waals surface area contributed by atoms with Gasteiger partial charge in [0.25, 0.3) is 0 Å². The van der Waals surface area contributed by atoms with Crippen LogP contribution in [0.5, 0.6) is 23.0 Å². The van der Waals surface area contributed by atoms with Crippen molar-refractivity contribution in [3.05, 3.63) is 108 Å². The summed E-state index contributed by atoms with van der Waals surface area (Å²) in [7, 11) is 0. The van der Waals surface area contributed by atoms with E-state index in [4.69, 9.17) is 43.2 Å². The van der Waals surface area contributed by atoms with Crippen LogP contribution in [0.2, 0.25) is 0 Å². The maximum atomic E-state index is 15.1. The zero-order valence-corrected chi connectivity index (χ0v) is 39.4. The number of unbranched alkanes of at least 4 members (excludes halogenated alkanes) is 2. The summed E-state index contributed by atoms with van der Waals surface area (Å²) < 4.78 is 44.7. The van der Waals surface area contributed by atoms with Crippen molar-refractivity contribution >= 4 is 11.8 Å². The maximum absolute atomic E-state index is 15.1. The molecule has 2 aliphatic carbocycles. The Morgan fingerprint density at radius 3 is 2.46 bits per heavy atom. The van der Waals surface area contributed by atoms with Gasteiger partial charge in [-0.25, -0.2) is 4.79 Å². The highest BCUT2D eigenvalue weighted by molar-refractivity contribution is 6.03. The van der Waals surface area contributed by atoms with Crippen molar-refractivity contribution in [2.24, 2.45) is 22.9 Å². The molecule has 1 saturated heterocycles. The van der Waals surface area contributed by atoms with Crippen LogP contribution < -0.4 is 18.9 Å². The molecule has 2 fully saturated rings. The molecule has 0 unspecified atom stereocenters. The Morgan fingerprint density at radius 2 is 1.70 bits per heavy atom. The normalized spacial score (nSPS) is 24.2. The van der Waals surface area contributed by atoms with Crippen LogP contribution in [0, 0.1) is 17.8 Å². The van der Waals surface area contributed by atoms with E-state index in [-0.39, 0.29) is 70.5 Å². The molecule has 6 atom stereocenters. The number of aliphatic hydroxyl groups excluding tert-OH is 2. The van der Waals surface area contributed by atoms with Gasteiger partial charge in [0, 0.05) is 57.3 Å². The first kappa shape index (κ1) is 48.3. The van der Waals surface area contributed by atoms with Crippen LogP contribution in [0.3, 0.4) is 0 Å². The summed E-state index contributed by atoms with van der Waals surface area (Å²) in [5.41, 5.74) is 3.83. The predicted octanol–water partition coefficient (Wildman–Crippen LogP) is 8.40. The largest absolute Gasteiger partial charge is 0.492 e. The molecular weight excluding hydrogens is 855 g/mol. The molecule has 67 heavy (non-hydrogen) atoms. The van der Waals surface area contributed by atoms with E-state index in [1.165, 1.54) is 0 Å². The summed E-state index contributed by atoms with van der Waals surface area (Å²) in [5, 5.41) is 25.0. The number of aliphatic hydroxyl groups is 2. The van der Waals surface area contributed by atoms with Crippen LogP contribution >= 0.6 is 0 Å². The number of oxime groups is 1. The van der Waals surface area contributed by atoms with E-state index in [9.17, 15) is 10.2 Å². The molecule has 0 aromatic heterocycles. The van der Waals surface area contributed by atoms with Crippen molar-refractivity contribution in [2.75, 3.05) is 66.1 Å². The Bertz CT molecular complexity index is 2190. The second-order valence-electron chi connectivity index (χ2n) is 19.1. The first-order valence-electron chi connectivity index (χ1n) is 24.2. The number of fused-ring (bicyclic) bond motifs is 3. The molecule has 1 amide bonds. The standard InChI is InChI=1S/C53H69N3O11/c1-5-26-65-53-48(56(34-38-17-19-46-47(30-38)64-36-63-46)51(59)62-29-28-60-35-37-13-7-6-8-14-37)33-44(54-67-52(2,3)4)42-31-39(15-9-11-24-57)41(16-10-12-25-58)49(50(42)53)43-32-40(18-20-45(43)66-53)61-27-23-55-21-22-55/h5-8,13-14,17-20,30-32,39,41,48-50,57-58H,1,9-12,15-16,21-29,33-36H2,2-4H3/t39-,41+,48-,49+,50+,53+/m0/s1. The van der Waals surface area contributed by atoms with E-state index < -0.39 is 29.4 Å². The third-order valence-corrected chi connectivity index (χ3v) is 13.3. The molecule has 5 aliphatic rings. The number of carbonyl (C=O) groups is 1. The first-order chi connectivity index (χ1) is 32.6. The second-order valence-corrected chi connectivity index (χ2v) is 19.1. The van der Waals surface area contributed by atoms with Gasteiger partial charge >= 0.3 is 6.09 Å². The molecule has 362 valence electrons. The molecule has 3 aromatic carbocycles. The average molecular weight is 924 g/mol. The Hall–Kier alpha value is -5.12. The average Bonchev–Trinajstić information content (AvgIpc) is 4.03. The molecule has 14 heteroatoms. The predicted molar refractivity (Wildman–Crippen MR) is 253 cm³/mol. The first-order valence-corrected chi connectivity index (χ1v) is 24.2. The van der Waals surface area contributed by atoms with Crippen molar-refractivity contribution in [3.8, 4) is 23.0 Å². The highest BCUT2D eigenvalue weighted by Crippen LogP contribution is 2.62. The third kappa shape index (κ3) is 11.8. The Kier molecular flexibility index (Phi) is 16.1. The van der Waals surface area contributed by atoms with E-state index >= 15 is 4.79 Å². The lowest BCUT2D eigenvalue weighted by molar-refractivity contribution is -0.256. The third-order valence-electron chi connectivity index (χ3n) is 13.3. The summed E-state index contributed by atoms with van der Waals surface area (Å²) in [6.07, 6.45) is 8.32. The smallest absolute Gasteiger partial charge is 0.410 e. The van der Waals surface area contributed by atoms with E-state index in [1.807, 2.05) is 81.4 Å². The fourth-order valence-corrected chi connectivity index (χ4v) is 10.1. The topological polar surface area (TPSA) is 150 Å². The van der Waals surface area contributed by atoms with Crippen LogP contribution in [-0.4, -0.2) is 115 Å². The minimum atomic E-state index is -1.48. The fourth-order valence-electron chi connectivity index (χ4n) is 10.1. The van der Waals surface area contributed by atoms with Gasteiger partial charge in [-0.1, -0.05) is 66.5 Å². The molecular formula is C53H69N3O11. The van der Waals surface area contributed by atoms with Crippen LogP contribution in [-0.2, 0) is 32.2 Å². The number of benzene rings is 3. The number of carbonyl (C=O) groups excluding carboxylic acids is 1. The van der Waals surface area contributed by atoms with E-state index in [1.54, 1.807) is 11.0 Å². The van der Waals surface area contributed by atoms with Gasteiger partial charge < -0.3 is 48.2 Å². The van der Waals surface area contributed by atoms with E-state index in [2.05, 4.69) is 23.6 Å². The highest BCUT2D eigenvalue weighted by atomic mass is 16.7. The van der Waals surface area contributed by atoms with Gasteiger partial charge in [-0.15, -0.1) is 6.58 Å². The molecule has 3 heterocycles. The van der Waals surface area contributed by atoms with Gasteiger partial charge in [0.2, 0.25) is 12.6 Å². The van der Waals surface area contributed by atoms with Crippen molar-refractivity contribution in [2.45, 2.75) is 102 Å². The Morgan fingerprint density at radius 1 is 0.925 bits per heavy atom. The molecule has 0 radical (unpaired) electrons. The van der Waals surface area contributed by atoms with E-state index in [0.29, 0.717) is 49.0 Å². The minimum absolute atomic E-state index is 0.00844. The van der Waals surface area contributed by atoms with E-state index in [0.717, 1.165) is 73.3 Å². The molecule has 14 nitrogen and oxygen atoms in total. The van der Waals surface area contributed by atoms with Crippen molar-refractivity contribution in [1.82, 2.24) is 9.80 Å². The SMILES string of the molecule is C=CCO[C@@]12Oc3ccc(OCCN4CC4)cc3[C@H]3[C@H](CCCCO)[C@@H](CCCCO)C=C(C(=NOC(C)(C)C)C[C@@H]1N(Cc1ccc4c(c1)OCO4)C(=O)OCCOCc1ccccc1)[C@H]32. The van der Waals surface area contributed by atoms with Crippen molar-refractivity contribution < 1.29 is 53.0 Å².